The van der Waals surface area contributed by atoms with Crippen LogP contribution in [0.5, 0.6) is 0 Å². The molecular weight excluding hydrogens is 280 g/mol. The van der Waals surface area contributed by atoms with Gasteiger partial charge < -0.3 is 5.32 Å². The van der Waals surface area contributed by atoms with Crippen LogP contribution >= 0.6 is 11.3 Å². The molecule has 0 aliphatic heterocycles. The van der Waals surface area contributed by atoms with Crippen molar-refractivity contribution in [2.75, 3.05) is 7.05 Å². The Bertz CT molecular complexity index is 535. The molecule has 1 saturated carbocycles. The van der Waals surface area contributed by atoms with Gasteiger partial charge in [-0.3, -0.25) is 0 Å². The van der Waals surface area contributed by atoms with Gasteiger partial charge in [0.15, 0.2) is 0 Å². The van der Waals surface area contributed by atoms with Crippen molar-refractivity contribution in [2.45, 2.75) is 50.6 Å². The highest BCUT2D eigenvalue weighted by atomic mass is 32.2. The normalized spacial score (nSPS) is 22.8. The van der Waals surface area contributed by atoms with Crippen LogP contribution in [0.25, 0.3) is 0 Å². The maximum Gasteiger partial charge on any atom is 0.241 e. The first-order valence-electron chi connectivity index (χ1n) is 6.57. The highest BCUT2D eigenvalue weighted by Crippen LogP contribution is 2.37. The molecule has 0 bridgehead atoms. The van der Waals surface area contributed by atoms with E-state index < -0.39 is 10.0 Å². The molecule has 0 aromatic carbocycles. The summed E-state index contributed by atoms with van der Waals surface area (Å²) in [6, 6.07) is 1.77. The molecule has 108 valence electrons. The minimum atomic E-state index is -3.38. The molecule has 6 heteroatoms. The van der Waals surface area contributed by atoms with Crippen LogP contribution in [0.2, 0.25) is 0 Å². The van der Waals surface area contributed by atoms with Crippen molar-refractivity contribution >= 4 is 21.4 Å². The Kier molecular flexibility index (Phi) is 4.35. The average molecular weight is 302 g/mol. The van der Waals surface area contributed by atoms with E-state index in [1.807, 2.05) is 12.4 Å². The van der Waals surface area contributed by atoms with Gasteiger partial charge in [0.2, 0.25) is 10.0 Å². The highest BCUT2D eigenvalue weighted by Gasteiger charge is 2.34. The second kappa shape index (κ2) is 5.52. The molecule has 2 N–H and O–H groups in total. The van der Waals surface area contributed by atoms with Gasteiger partial charge >= 0.3 is 0 Å². The molecule has 0 amide bonds. The summed E-state index contributed by atoms with van der Waals surface area (Å²) in [5.74, 6) is 0. The fourth-order valence-electron chi connectivity index (χ4n) is 2.68. The molecule has 19 heavy (non-hydrogen) atoms. The van der Waals surface area contributed by atoms with E-state index in [1.165, 1.54) is 11.3 Å². The Morgan fingerprint density at radius 2 is 2.21 bits per heavy atom. The first kappa shape index (κ1) is 15.0. The van der Waals surface area contributed by atoms with Gasteiger partial charge in [-0.2, -0.15) is 0 Å². The van der Waals surface area contributed by atoms with E-state index in [4.69, 9.17) is 0 Å². The zero-order valence-electron chi connectivity index (χ0n) is 11.7. The summed E-state index contributed by atoms with van der Waals surface area (Å²) in [6.07, 6.45) is 2.92. The second-order valence-electron chi connectivity index (χ2n) is 5.96. The summed E-state index contributed by atoms with van der Waals surface area (Å²) >= 11 is 1.48. The van der Waals surface area contributed by atoms with Gasteiger partial charge in [0.25, 0.3) is 0 Å². The van der Waals surface area contributed by atoms with Gasteiger partial charge in [-0.25, -0.2) is 13.1 Å². The lowest BCUT2D eigenvalue weighted by Crippen LogP contribution is -2.34. The maximum atomic E-state index is 12.4. The summed E-state index contributed by atoms with van der Waals surface area (Å²) in [4.78, 5) is 1.30. The van der Waals surface area contributed by atoms with Crippen molar-refractivity contribution in [3.05, 3.63) is 16.3 Å². The quantitative estimate of drug-likeness (QED) is 0.877. The van der Waals surface area contributed by atoms with Crippen LogP contribution in [0.15, 0.2) is 16.3 Å². The molecule has 1 atom stereocenters. The Labute approximate surface area is 119 Å². The third-order valence-electron chi connectivity index (χ3n) is 3.62. The molecule has 2 rings (SSSR count). The van der Waals surface area contributed by atoms with Gasteiger partial charge in [-0.1, -0.05) is 13.8 Å². The van der Waals surface area contributed by atoms with Gasteiger partial charge in [-0.15, -0.1) is 11.3 Å². The van der Waals surface area contributed by atoms with E-state index in [9.17, 15) is 8.42 Å². The summed E-state index contributed by atoms with van der Waals surface area (Å²) in [7, 11) is -1.56. The maximum absolute atomic E-state index is 12.4. The molecule has 0 saturated heterocycles. The van der Waals surface area contributed by atoms with Crippen LogP contribution in [0, 0.1) is 5.41 Å². The summed E-state index contributed by atoms with van der Waals surface area (Å²) < 4.78 is 27.7. The van der Waals surface area contributed by atoms with Crippen LogP contribution in [-0.4, -0.2) is 21.5 Å². The van der Waals surface area contributed by atoms with Crippen LogP contribution in [-0.2, 0) is 16.6 Å². The molecule has 4 nitrogen and oxygen atoms in total. The summed E-state index contributed by atoms with van der Waals surface area (Å²) in [6.45, 7) is 4.97. The smallest absolute Gasteiger partial charge is 0.241 e. The number of rotatable bonds is 5. The lowest BCUT2D eigenvalue weighted by molar-refractivity contribution is 0.372. The van der Waals surface area contributed by atoms with E-state index in [0.29, 0.717) is 11.4 Å². The number of sulfonamides is 1. The predicted molar refractivity (Wildman–Crippen MR) is 78.8 cm³/mol. The van der Waals surface area contributed by atoms with Crippen molar-refractivity contribution in [1.29, 1.82) is 0 Å². The molecule has 0 radical (unpaired) electrons. The van der Waals surface area contributed by atoms with Crippen molar-refractivity contribution in [1.82, 2.24) is 10.0 Å². The number of thiophene rings is 1. The Hall–Kier alpha value is -0.430. The third kappa shape index (κ3) is 3.56. The SMILES string of the molecule is CNCc1sccc1S(=O)(=O)NC1CCC(C)(C)C1. The monoisotopic (exact) mass is 302 g/mol. The standard InChI is InChI=1S/C13H22N2O2S2/c1-13(2)6-4-10(8-13)15-19(16,17)12-5-7-18-11(12)9-14-3/h5,7,10,14-15H,4,6,8-9H2,1-3H3. The number of hydrogen-bond acceptors (Lipinski definition) is 4. The first-order valence-corrected chi connectivity index (χ1v) is 8.94. The molecule has 1 aromatic rings. The second-order valence-corrected chi connectivity index (χ2v) is 8.65. The van der Waals surface area contributed by atoms with Gasteiger partial charge in [0.05, 0.1) is 4.90 Å². The highest BCUT2D eigenvalue weighted by molar-refractivity contribution is 7.89. The topological polar surface area (TPSA) is 58.2 Å². The lowest BCUT2D eigenvalue weighted by atomic mass is 9.92. The molecular formula is C13H22N2O2S2. The number of hydrogen-bond donors (Lipinski definition) is 2. The van der Waals surface area contributed by atoms with Crippen LogP contribution in [0.1, 0.15) is 38.0 Å². The first-order chi connectivity index (χ1) is 8.84. The van der Waals surface area contributed by atoms with E-state index in [0.717, 1.165) is 24.1 Å². The van der Waals surface area contributed by atoms with Crippen molar-refractivity contribution in [3.8, 4) is 0 Å². The van der Waals surface area contributed by atoms with E-state index in [2.05, 4.69) is 23.9 Å². The Morgan fingerprint density at radius 1 is 1.47 bits per heavy atom. The predicted octanol–water partition coefficient (Wildman–Crippen LogP) is 2.32. The Morgan fingerprint density at radius 3 is 2.79 bits per heavy atom. The van der Waals surface area contributed by atoms with E-state index in [1.54, 1.807) is 6.07 Å². The minimum Gasteiger partial charge on any atom is -0.315 e. The van der Waals surface area contributed by atoms with Crippen molar-refractivity contribution in [3.63, 3.8) is 0 Å². The minimum absolute atomic E-state index is 0.0716. The molecule has 1 aliphatic carbocycles. The molecule has 0 spiro atoms. The fourth-order valence-corrected chi connectivity index (χ4v) is 5.40. The van der Waals surface area contributed by atoms with Crippen LogP contribution in [0.3, 0.4) is 0 Å². The summed E-state index contributed by atoms with van der Waals surface area (Å²) in [5.41, 5.74) is 0.246. The Balaban J connectivity index is 2.12. The van der Waals surface area contributed by atoms with Crippen LogP contribution < -0.4 is 10.0 Å². The van der Waals surface area contributed by atoms with E-state index >= 15 is 0 Å². The molecule has 1 unspecified atom stereocenters. The summed E-state index contributed by atoms with van der Waals surface area (Å²) in [5, 5.41) is 4.84. The average Bonchev–Trinajstić information content (AvgIpc) is 2.86. The largest absolute Gasteiger partial charge is 0.315 e. The van der Waals surface area contributed by atoms with Crippen molar-refractivity contribution < 1.29 is 8.42 Å². The lowest BCUT2D eigenvalue weighted by Gasteiger charge is -2.18. The van der Waals surface area contributed by atoms with Gasteiger partial charge in [0, 0.05) is 17.5 Å². The molecule has 1 heterocycles. The van der Waals surface area contributed by atoms with Crippen LogP contribution in [0.4, 0.5) is 0 Å². The van der Waals surface area contributed by atoms with E-state index in [-0.39, 0.29) is 11.5 Å². The molecule has 1 aliphatic rings. The zero-order chi connectivity index (χ0) is 14.1. The van der Waals surface area contributed by atoms with Crippen molar-refractivity contribution in [2.24, 2.45) is 5.41 Å². The number of nitrogens with one attached hydrogen (secondary N) is 2. The molecule has 1 fully saturated rings. The van der Waals surface area contributed by atoms with Gasteiger partial charge in [-0.05, 0) is 43.2 Å². The molecule has 1 aromatic heterocycles. The fraction of sp³-hybridized carbons (Fsp3) is 0.692. The van der Waals surface area contributed by atoms with Gasteiger partial charge in [0.1, 0.15) is 0 Å². The zero-order valence-corrected chi connectivity index (χ0v) is 13.3. The third-order valence-corrected chi connectivity index (χ3v) is 6.28.